The lowest BCUT2D eigenvalue weighted by Crippen LogP contribution is -2.40. The Morgan fingerprint density at radius 2 is 1.50 bits per heavy atom. The molecule has 0 spiro atoms. The van der Waals surface area contributed by atoms with Crippen molar-refractivity contribution in [1.29, 1.82) is 0 Å². The summed E-state index contributed by atoms with van der Waals surface area (Å²) in [4.78, 5) is -0.103. The van der Waals surface area contributed by atoms with E-state index in [0.717, 1.165) is 39.7 Å². The second-order valence-electron chi connectivity index (χ2n) is 6.94. The third-order valence-electron chi connectivity index (χ3n) is 4.97. The van der Waals surface area contributed by atoms with Crippen LogP contribution in [0, 0.1) is 11.6 Å². The van der Waals surface area contributed by atoms with Gasteiger partial charge in [-0.05, 0) is 54.0 Å². The smallest absolute Gasteiger partial charge is 0.212 e. The molecule has 0 fully saturated rings. The molecule has 30 heavy (non-hydrogen) atoms. The summed E-state index contributed by atoms with van der Waals surface area (Å²) in [7, 11) is -6.30. The van der Waals surface area contributed by atoms with Crippen LogP contribution in [0.2, 0.25) is 0 Å². The second-order valence-corrected chi connectivity index (χ2v) is 11.1. The molecule has 0 N–H and O–H groups in total. The van der Waals surface area contributed by atoms with E-state index in [0.29, 0.717) is 6.42 Å². The molecule has 162 valence electrons. The van der Waals surface area contributed by atoms with Crippen LogP contribution in [0.5, 0.6) is 0 Å². The quantitative estimate of drug-likeness (QED) is 0.642. The van der Waals surface area contributed by atoms with Gasteiger partial charge in [-0.25, -0.2) is 25.6 Å². The molecular formula is C20H22F2N2O4S2. The molecule has 0 saturated carbocycles. The van der Waals surface area contributed by atoms with E-state index >= 15 is 0 Å². The minimum Gasteiger partial charge on any atom is -0.212 e. The van der Waals surface area contributed by atoms with Gasteiger partial charge in [-0.2, -0.15) is 8.61 Å². The van der Waals surface area contributed by atoms with Gasteiger partial charge in [0.2, 0.25) is 20.0 Å². The van der Waals surface area contributed by atoms with Crippen LogP contribution in [-0.2, 0) is 20.0 Å². The van der Waals surface area contributed by atoms with Crippen molar-refractivity contribution in [2.75, 3.05) is 32.4 Å². The van der Waals surface area contributed by atoms with Crippen molar-refractivity contribution in [2.24, 2.45) is 0 Å². The Hall–Kier alpha value is -2.14. The molecule has 0 radical (unpaired) electrons. The van der Waals surface area contributed by atoms with E-state index in [2.05, 4.69) is 0 Å². The minimum atomic E-state index is -3.92. The molecule has 1 aliphatic rings. The van der Waals surface area contributed by atoms with Gasteiger partial charge in [-0.1, -0.05) is 18.2 Å². The van der Waals surface area contributed by atoms with Crippen LogP contribution in [0.3, 0.4) is 0 Å². The first kappa shape index (κ1) is 22.5. The predicted octanol–water partition coefficient (Wildman–Crippen LogP) is 2.70. The van der Waals surface area contributed by atoms with Crippen molar-refractivity contribution < 1.29 is 25.6 Å². The van der Waals surface area contributed by atoms with Crippen LogP contribution in [-0.4, -0.2) is 57.9 Å². The predicted molar refractivity (Wildman–Crippen MR) is 111 cm³/mol. The average molecular weight is 457 g/mol. The molecule has 3 rings (SSSR count). The van der Waals surface area contributed by atoms with Crippen LogP contribution in [0.1, 0.15) is 12.0 Å². The molecule has 0 aromatic heterocycles. The summed E-state index contributed by atoms with van der Waals surface area (Å²) in [6, 6.07) is 10.4. The van der Waals surface area contributed by atoms with Crippen LogP contribution in [0.15, 0.2) is 59.5 Å². The minimum absolute atomic E-state index is 0.103. The maximum absolute atomic E-state index is 13.1. The molecule has 1 heterocycles. The Morgan fingerprint density at radius 3 is 2.03 bits per heavy atom. The van der Waals surface area contributed by atoms with E-state index in [1.807, 2.05) is 0 Å². The van der Waals surface area contributed by atoms with Crippen LogP contribution >= 0.6 is 0 Å². The van der Waals surface area contributed by atoms with Gasteiger partial charge in [-0.3, -0.25) is 0 Å². The fourth-order valence-electron chi connectivity index (χ4n) is 3.11. The number of benzene rings is 2. The number of halogens is 2. The van der Waals surface area contributed by atoms with Gasteiger partial charge in [0, 0.05) is 26.7 Å². The van der Waals surface area contributed by atoms with Gasteiger partial charge in [0.25, 0.3) is 0 Å². The first-order valence-corrected chi connectivity index (χ1v) is 12.3. The Morgan fingerprint density at radius 1 is 0.933 bits per heavy atom. The third kappa shape index (κ3) is 5.12. The van der Waals surface area contributed by atoms with E-state index in [-0.39, 0.29) is 36.1 Å². The Labute approximate surface area is 175 Å². The highest BCUT2D eigenvalue weighted by molar-refractivity contribution is 7.90. The van der Waals surface area contributed by atoms with Crippen LogP contribution < -0.4 is 0 Å². The van der Waals surface area contributed by atoms with Crippen molar-refractivity contribution >= 4 is 25.6 Å². The Kier molecular flexibility index (Phi) is 6.71. The summed E-state index contributed by atoms with van der Waals surface area (Å²) in [6.07, 6.45) is 2.27. The monoisotopic (exact) mass is 456 g/mol. The number of rotatable bonds is 7. The Balaban J connectivity index is 1.63. The number of sulfonamides is 2. The van der Waals surface area contributed by atoms with Crippen molar-refractivity contribution in [1.82, 2.24) is 8.61 Å². The Bertz CT molecular complexity index is 1130. The molecule has 0 bridgehead atoms. The highest BCUT2D eigenvalue weighted by Crippen LogP contribution is 2.24. The molecule has 0 atom stereocenters. The average Bonchev–Trinajstić information content (AvgIpc) is 2.73. The summed E-state index contributed by atoms with van der Waals surface area (Å²) in [5, 5.41) is 0. The van der Waals surface area contributed by atoms with Crippen molar-refractivity contribution in [3.05, 3.63) is 71.8 Å². The highest BCUT2D eigenvalue weighted by atomic mass is 32.2. The molecule has 0 amide bonds. The van der Waals surface area contributed by atoms with E-state index in [4.69, 9.17) is 0 Å². The maximum atomic E-state index is 13.1. The lowest BCUT2D eigenvalue weighted by Gasteiger charge is -2.27. The van der Waals surface area contributed by atoms with Crippen LogP contribution in [0.4, 0.5) is 8.78 Å². The van der Waals surface area contributed by atoms with Gasteiger partial charge in [-0.15, -0.1) is 0 Å². The lowest BCUT2D eigenvalue weighted by atomic mass is 10.0. The van der Waals surface area contributed by atoms with Crippen molar-refractivity contribution in [3.8, 4) is 0 Å². The van der Waals surface area contributed by atoms with Crippen molar-refractivity contribution in [2.45, 2.75) is 11.3 Å². The molecule has 2 aromatic rings. The van der Waals surface area contributed by atoms with E-state index in [1.165, 1.54) is 23.5 Å². The SMILES string of the molecule is CN(CCS(=O)(=O)N1CC=C(c2ccc(F)cc2)CC1)S(=O)(=O)c1ccc(F)cc1. The summed E-state index contributed by atoms with van der Waals surface area (Å²) in [5.74, 6) is -1.26. The molecule has 0 aliphatic carbocycles. The zero-order valence-electron chi connectivity index (χ0n) is 16.3. The fraction of sp³-hybridized carbons (Fsp3) is 0.300. The van der Waals surface area contributed by atoms with Gasteiger partial charge < -0.3 is 0 Å². The maximum Gasteiger partial charge on any atom is 0.242 e. The lowest BCUT2D eigenvalue weighted by molar-refractivity contribution is 0.432. The largest absolute Gasteiger partial charge is 0.242 e. The molecular weight excluding hydrogens is 434 g/mol. The topological polar surface area (TPSA) is 74.8 Å². The zero-order chi connectivity index (χ0) is 21.9. The normalized spacial score (nSPS) is 15.9. The van der Waals surface area contributed by atoms with Gasteiger partial charge in [0.15, 0.2) is 0 Å². The van der Waals surface area contributed by atoms with E-state index in [9.17, 15) is 25.6 Å². The number of hydrogen-bond acceptors (Lipinski definition) is 4. The second kappa shape index (κ2) is 8.93. The molecule has 2 aromatic carbocycles. The van der Waals surface area contributed by atoms with E-state index < -0.39 is 25.9 Å². The van der Waals surface area contributed by atoms with Gasteiger partial charge >= 0.3 is 0 Å². The summed E-state index contributed by atoms with van der Waals surface area (Å²) >= 11 is 0. The first-order chi connectivity index (χ1) is 14.1. The van der Waals surface area contributed by atoms with Gasteiger partial charge in [0.1, 0.15) is 11.6 Å². The van der Waals surface area contributed by atoms with Gasteiger partial charge in [0.05, 0.1) is 10.6 Å². The number of hydrogen-bond donors (Lipinski definition) is 0. The standard InChI is InChI=1S/C20H22F2N2O4S2/c1-23(30(27,28)20-8-6-19(22)7-9-20)14-15-29(25,26)24-12-10-17(11-13-24)16-2-4-18(21)5-3-16/h2-10H,11-15H2,1H3. The van der Waals surface area contributed by atoms with Crippen LogP contribution in [0.25, 0.3) is 5.57 Å². The summed E-state index contributed by atoms with van der Waals surface area (Å²) < 4.78 is 78.7. The van der Waals surface area contributed by atoms with E-state index in [1.54, 1.807) is 18.2 Å². The molecule has 0 saturated heterocycles. The fourth-order valence-corrected chi connectivity index (χ4v) is 5.83. The number of nitrogens with zero attached hydrogens (tertiary/aromatic N) is 2. The molecule has 0 unspecified atom stereocenters. The zero-order valence-corrected chi connectivity index (χ0v) is 18.0. The highest BCUT2D eigenvalue weighted by Gasteiger charge is 2.27. The first-order valence-electron chi connectivity index (χ1n) is 9.24. The molecule has 1 aliphatic heterocycles. The van der Waals surface area contributed by atoms with Crippen molar-refractivity contribution in [3.63, 3.8) is 0 Å². The summed E-state index contributed by atoms with van der Waals surface area (Å²) in [5.41, 5.74) is 1.79. The summed E-state index contributed by atoms with van der Waals surface area (Å²) in [6.45, 7) is 0.205. The third-order valence-corrected chi connectivity index (χ3v) is 8.65. The molecule has 10 heteroatoms. The molecule has 6 nitrogen and oxygen atoms in total.